The molecule has 0 unspecified atom stereocenters. The third kappa shape index (κ3) is 4.09. The minimum Gasteiger partial charge on any atom is -0.327 e. The van der Waals surface area contributed by atoms with Crippen LogP contribution in [0.5, 0.6) is 0 Å². The lowest BCUT2D eigenvalue weighted by Gasteiger charge is -2.15. The normalized spacial score (nSPS) is 17.7. The number of hydrogen-bond donors (Lipinski definition) is 2. The Morgan fingerprint density at radius 1 is 1.41 bits per heavy atom. The van der Waals surface area contributed by atoms with Gasteiger partial charge in [0.2, 0.25) is 0 Å². The number of amides is 1. The van der Waals surface area contributed by atoms with Gasteiger partial charge in [-0.25, -0.2) is 4.98 Å². The molecule has 2 N–H and O–H groups in total. The van der Waals surface area contributed by atoms with Crippen LogP contribution in [0.15, 0.2) is 5.38 Å². The summed E-state index contributed by atoms with van der Waals surface area (Å²) in [5.74, 6) is 0.0938. The third-order valence-electron chi connectivity index (χ3n) is 3.09. The van der Waals surface area contributed by atoms with Gasteiger partial charge in [-0.05, 0) is 32.6 Å². The molecular formula is C12H20N3OS+. The highest BCUT2D eigenvalue weighted by Crippen LogP contribution is 2.13. The van der Waals surface area contributed by atoms with E-state index in [0.29, 0.717) is 6.54 Å². The number of rotatable bonds is 3. The lowest BCUT2D eigenvalue weighted by Crippen LogP contribution is -3.12. The minimum absolute atomic E-state index is 0.0938. The van der Waals surface area contributed by atoms with Crippen LogP contribution in [0.3, 0.4) is 0 Å². The molecular weight excluding hydrogens is 234 g/mol. The second-order valence-electron chi connectivity index (χ2n) is 4.68. The van der Waals surface area contributed by atoms with E-state index in [1.54, 1.807) is 0 Å². The molecule has 0 radical (unpaired) electrons. The van der Waals surface area contributed by atoms with E-state index >= 15 is 0 Å². The lowest BCUT2D eigenvalue weighted by atomic mass is 10.2. The van der Waals surface area contributed by atoms with Gasteiger partial charge >= 0.3 is 0 Å². The molecule has 0 aliphatic carbocycles. The molecule has 0 bridgehead atoms. The molecule has 5 heteroatoms. The summed E-state index contributed by atoms with van der Waals surface area (Å²) in [4.78, 5) is 17.5. The van der Waals surface area contributed by atoms with Gasteiger partial charge in [-0.2, -0.15) is 0 Å². The number of nitrogens with one attached hydrogen (secondary N) is 2. The van der Waals surface area contributed by atoms with E-state index in [9.17, 15) is 4.79 Å². The van der Waals surface area contributed by atoms with Gasteiger partial charge in [0.25, 0.3) is 5.91 Å². The van der Waals surface area contributed by atoms with Crippen molar-refractivity contribution in [2.75, 3.05) is 25.0 Å². The number of likely N-dealkylation sites (tertiary alicyclic amines) is 1. The molecule has 94 valence electrons. The van der Waals surface area contributed by atoms with Gasteiger partial charge in [0.15, 0.2) is 11.7 Å². The fourth-order valence-corrected chi connectivity index (χ4v) is 2.91. The third-order valence-corrected chi connectivity index (χ3v) is 3.96. The van der Waals surface area contributed by atoms with Crippen LogP contribution >= 0.6 is 11.3 Å². The van der Waals surface area contributed by atoms with Gasteiger partial charge in [-0.1, -0.05) is 0 Å². The predicted molar refractivity (Wildman–Crippen MR) is 69.5 cm³/mol. The van der Waals surface area contributed by atoms with Crippen LogP contribution in [0.1, 0.15) is 31.4 Å². The maximum absolute atomic E-state index is 11.8. The van der Waals surface area contributed by atoms with Crippen LogP contribution < -0.4 is 10.2 Å². The Morgan fingerprint density at radius 3 is 2.71 bits per heavy atom. The maximum Gasteiger partial charge on any atom is 0.281 e. The maximum atomic E-state index is 11.8. The molecule has 1 aliphatic rings. The zero-order valence-corrected chi connectivity index (χ0v) is 11.1. The van der Waals surface area contributed by atoms with Crippen LogP contribution in [0.2, 0.25) is 0 Å². The van der Waals surface area contributed by atoms with Crippen molar-refractivity contribution in [3.05, 3.63) is 11.1 Å². The van der Waals surface area contributed by atoms with Crippen LogP contribution in [0.25, 0.3) is 0 Å². The summed E-state index contributed by atoms with van der Waals surface area (Å²) in [5.41, 5.74) is 0.965. The first-order valence-corrected chi connectivity index (χ1v) is 7.17. The summed E-state index contributed by atoms with van der Waals surface area (Å²) < 4.78 is 0. The summed E-state index contributed by atoms with van der Waals surface area (Å²) in [5, 5.41) is 5.55. The van der Waals surface area contributed by atoms with Gasteiger partial charge < -0.3 is 4.90 Å². The Bertz CT molecular complexity index is 370. The van der Waals surface area contributed by atoms with E-state index in [2.05, 4.69) is 10.3 Å². The molecule has 1 amide bonds. The second-order valence-corrected chi connectivity index (χ2v) is 5.54. The molecule has 4 nitrogen and oxygen atoms in total. The summed E-state index contributed by atoms with van der Waals surface area (Å²) in [6, 6.07) is 0. The van der Waals surface area contributed by atoms with Crippen molar-refractivity contribution in [2.45, 2.75) is 32.6 Å². The fourth-order valence-electron chi connectivity index (χ4n) is 2.21. The number of aromatic nitrogens is 1. The quantitative estimate of drug-likeness (QED) is 0.840. The monoisotopic (exact) mass is 254 g/mol. The summed E-state index contributed by atoms with van der Waals surface area (Å²) in [6.07, 6.45) is 5.13. The van der Waals surface area contributed by atoms with E-state index in [4.69, 9.17) is 0 Å². The van der Waals surface area contributed by atoms with Crippen molar-refractivity contribution in [3.8, 4) is 0 Å². The van der Waals surface area contributed by atoms with Crippen LogP contribution in [-0.2, 0) is 4.79 Å². The van der Waals surface area contributed by atoms with Crippen molar-refractivity contribution in [1.82, 2.24) is 4.98 Å². The van der Waals surface area contributed by atoms with Gasteiger partial charge in [-0.3, -0.25) is 10.1 Å². The molecule has 1 aromatic rings. The number of aryl methyl sites for hydroxylation is 1. The molecule has 0 atom stereocenters. The second kappa shape index (κ2) is 6.12. The number of nitrogens with zero attached hydrogens (tertiary/aromatic N) is 1. The largest absolute Gasteiger partial charge is 0.327 e. The lowest BCUT2D eigenvalue weighted by molar-refractivity contribution is -0.890. The molecule has 17 heavy (non-hydrogen) atoms. The van der Waals surface area contributed by atoms with Gasteiger partial charge in [0.1, 0.15) is 0 Å². The van der Waals surface area contributed by atoms with Gasteiger partial charge in [-0.15, -0.1) is 11.3 Å². The molecule has 1 fully saturated rings. The number of quaternary nitrogens is 1. The topological polar surface area (TPSA) is 46.4 Å². The predicted octanol–water partition coefficient (Wildman–Crippen LogP) is 0.849. The van der Waals surface area contributed by atoms with E-state index in [1.165, 1.54) is 41.9 Å². The Labute approximate surface area is 106 Å². The Hall–Kier alpha value is -0.940. The van der Waals surface area contributed by atoms with E-state index in [0.717, 1.165) is 23.9 Å². The summed E-state index contributed by atoms with van der Waals surface area (Å²) in [6.45, 7) is 4.78. The van der Waals surface area contributed by atoms with Crippen LogP contribution in [0.4, 0.5) is 5.13 Å². The number of carbonyl (C=O) groups is 1. The molecule has 2 rings (SSSR count). The fraction of sp³-hybridized carbons (Fsp3) is 0.667. The first-order chi connectivity index (χ1) is 8.24. The van der Waals surface area contributed by atoms with Crippen molar-refractivity contribution in [1.29, 1.82) is 0 Å². The highest BCUT2D eigenvalue weighted by atomic mass is 32.1. The minimum atomic E-state index is 0.0938. The number of anilines is 1. The van der Waals surface area contributed by atoms with Gasteiger partial charge in [0.05, 0.1) is 18.8 Å². The standard InChI is InChI=1S/C12H19N3OS/c1-10-9-17-12(13-10)14-11(16)8-15-6-4-2-3-5-7-15/h9H,2-8H2,1H3,(H,13,14,16)/p+1. The summed E-state index contributed by atoms with van der Waals surface area (Å²) >= 11 is 1.49. The number of hydrogen-bond acceptors (Lipinski definition) is 3. The Morgan fingerprint density at radius 2 is 2.12 bits per heavy atom. The molecule has 1 aromatic heterocycles. The number of carbonyl (C=O) groups excluding carboxylic acids is 1. The molecule has 1 saturated heterocycles. The molecule has 1 aliphatic heterocycles. The molecule has 2 heterocycles. The van der Waals surface area contributed by atoms with Crippen molar-refractivity contribution in [2.24, 2.45) is 0 Å². The van der Waals surface area contributed by atoms with E-state index < -0.39 is 0 Å². The van der Waals surface area contributed by atoms with Crippen molar-refractivity contribution < 1.29 is 9.69 Å². The van der Waals surface area contributed by atoms with E-state index in [1.807, 2.05) is 12.3 Å². The van der Waals surface area contributed by atoms with E-state index in [-0.39, 0.29) is 5.91 Å². The zero-order valence-electron chi connectivity index (χ0n) is 10.3. The number of thiazole rings is 1. The average molecular weight is 254 g/mol. The van der Waals surface area contributed by atoms with Crippen LogP contribution in [-0.4, -0.2) is 30.5 Å². The molecule has 0 saturated carbocycles. The van der Waals surface area contributed by atoms with Crippen molar-refractivity contribution >= 4 is 22.4 Å². The Kier molecular flexibility index (Phi) is 4.50. The summed E-state index contributed by atoms with van der Waals surface area (Å²) in [7, 11) is 0. The van der Waals surface area contributed by atoms with Crippen molar-refractivity contribution in [3.63, 3.8) is 0 Å². The Balaban J connectivity index is 1.80. The first kappa shape index (κ1) is 12.5. The molecule has 0 spiro atoms. The SMILES string of the molecule is Cc1csc(NC(=O)C[NH+]2CCCCCC2)n1. The highest BCUT2D eigenvalue weighted by Gasteiger charge is 2.16. The average Bonchev–Trinajstić information content (AvgIpc) is 2.53. The van der Waals surface area contributed by atoms with Crippen LogP contribution in [0, 0.1) is 6.92 Å². The first-order valence-electron chi connectivity index (χ1n) is 6.29. The molecule has 0 aromatic carbocycles. The smallest absolute Gasteiger partial charge is 0.281 e. The zero-order chi connectivity index (χ0) is 12.1. The van der Waals surface area contributed by atoms with Gasteiger partial charge in [0, 0.05) is 5.38 Å². The highest BCUT2D eigenvalue weighted by molar-refractivity contribution is 7.13.